The average Bonchev–Trinajstić information content (AvgIpc) is 3.15. The quantitative estimate of drug-likeness (QED) is 0.385. The first-order chi connectivity index (χ1) is 14.4. The average molecular weight is 400 g/mol. The molecule has 8 nitrogen and oxygen atoms in total. The number of ketones is 1. The normalized spacial score (nSPS) is 10.7. The van der Waals surface area contributed by atoms with Crippen molar-refractivity contribution in [1.82, 2.24) is 15.0 Å². The van der Waals surface area contributed by atoms with E-state index in [9.17, 15) is 9.59 Å². The zero-order valence-corrected chi connectivity index (χ0v) is 16.5. The molecule has 4 aromatic rings. The van der Waals surface area contributed by atoms with Gasteiger partial charge in [-0.3, -0.25) is 4.79 Å². The zero-order valence-electron chi connectivity index (χ0n) is 16.5. The number of nitrogens with zero attached hydrogens (tertiary/aromatic N) is 2. The fourth-order valence-corrected chi connectivity index (χ4v) is 3.30. The third kappa shape index (κ3) is 3.70. The molecule has 0 bridgehead atoms. The Bertz CT molecular complexity index is 1280. The molecule has 0 fully saturated rings. The van der Waals surface area contributed by atoms with Crippen LogP contribution in [0, 0.1) is 13.8 Å². The molecule has 0 spiro atoms. The summed E-state index contributed by atoms with van der Waals surface area (Å²) in [5.41, 5.74) is 10.5. The van der Waals surface area contributed by atoms with Crippen LogP contribution in [0.15, 0.2) is 55.0 Å². The van der Waals surface area contributed by atoms with E-state index in [1.54, 1.807) is 30.5 Å². The van der Waals surface area contributed by atoms with E-state index in [4.69, 9.17) is 5.73 Å². The highest BCUT2D eigenvalue weighted by Crippen LogP contribution is 2.24. The summed E-state index contributed by atoms with van der Waals surface area (Å²) in [4.78, 5) is 36.4. The molecule has 30 heavy (non-hydrogen) atoms. The summed E-state index contributed by atoms with van der Waals surface area (Å²) in [7, 11) is 0. The van der Waals surface area contributed by atoms with E-state index in [-0.39, 0.29) is 11.6 Å². The minimum absolute atomic E-state index is 0.228. The van der Waals surface area contributed by atoms with Crippen molar-refractivity contribution in [2.45, 2.75) is 13.8 Å². The summed E-state index contributed by atoms with van der Waals surface area (Å²) in [5, 5.41) is 6.06. The number of nitrogens with two attached hydrogens (primary N) is 1. The molecule has 150 valence electrons. The van der Waals surface area contributed by atoms with Gasteiger partial charge in [0, 0.05) is 23.1 Å². The van der Waals surface area contributed by atoms with Gasteiger partial charge in [-0.05, 0) is 37.6 Å². The van der Waals surface area contributed by atoms with Crippen LogP contribution in [0.1, 0.15) is 27.0 Å². The van der Waals surface area contributed by atoms with Crippen LogP contribution < -0.4 is 16.4 Å². The van der Waals surface area contributed by atoms with Gasteiger partial charge < -0.3 is 21.4 Å². The highest BCUT2D eigenvalue weighted by molar-refractivity contribution is 6.18. The number of nitrogen functional groups attached to an aromatic ring is 1. The van der Waals surface area contributed by atoms with E-state index < -0.39 is 6.03 Å². The first kappa shape index (κ1) is 19.1. The van der Waals surface area contributed by atoms with Crippen LogP contribution in [0.3, 0.4) is 0 Å². The molecule has 0 radical (unpaired) electrons. The predicted molar refractivity (Wildman–Crippen MR) is 117 cm³/mol. The molecule has 0 aliphatic carbocycles. The smallest absolute Gasteiger partial charge is 0.323 e. The molecule has 8 heteroatoms. The summed E-state index contributed by atoms with van der Waals surface area (Å²) >= 11 is 0. The van der Waals surface area contributed by atoms with Crippen molar-refractivity contribution < 1.29 is 9.59 Å². The number of aromatic amines is 1. The molecule has 2 aromatic carbocycles. The fourth-order valence-electron chi connectivity index (χ4n) is 3.30. The second kappa shape index (κ2) is 7.67. The number of aromatic nitrogens is 3. The number of aryl methyl sites for hydroxylation is 2. The SMILES string of the molecule is Cc1ccc(NC(=O)Nc2cccc(C(=O)c3c[nH]c4ncnc(N)c34)c2)c(C)c1. The van der Waals surface area contributed by atoms with Crippen LogP contribution >= 0.6 is 0 Å². The molecule has 2 heterocycles. The molecule has 0 atom stereocenters. The number of fused-ring (bicyclic) bond motifs is 1. The first-order valence-corrected chi connectivity index (χ1v) is 9.30. The Labute approximate surface area is 172 Å². The predicted octanol–water partition coefficient (Wildman–Crippen LogP) is 4.03. The number of carbonyl (C=O) groups excluding carboxylic acids is 2. The molecule has 2 aromatic heterocycles. The summed E-state index contributed by atoms with van der Waals surface area (Å²) < 4.78 is 0. The number of hydrogen-bond acceptors (Lipinski definition) is 5. The van der Waals surface area contributed by atoms with Crippen molar-refractivity contribution in [2.24, 2.45) is 0 Å². The molecule has 0 aliphatic heterocycles. The van der Waals surface area contributed by atoms with Crippen molar-refractivity contribution in [3.63, 3.8) is 0 Å². The van der Waals surface area contributed by atoms with Crippen molar-refractivity contribution in [2.75, 3.05) is 16.4 Å². The molecule has 0 aliphatic rings. The Kier molecular flexibility index (Phi) is 4.89. The summed E-state index contributed by atoms with van der Waals surface area (Å²) in [6.45, 7) is 3.92. The van der Waals surface area contributed by atoms with Gasteiger partial charge in [-0.2, -0.15) is 0 Å². The maximum Gasteiger partial charge on any atom is 0.323 e. The number of amides is 2. The number of urea groups is 1. The topological polar surface area (TPSA) is 126 Å². The number of carbonyl (C=O) groups is 2. The lowest BCUT2D eigenvalue weighted by atomic mass is 10.0. The molecule has 5 N–H and O–H groups in total. The Morgan fingerprint density at radius 1 is 1.03 bits per heavy atom. The standard InChI is InChI=1S/C22H20N6O2/c1-12-6-7-17(13(2)8-12)28-22(30)27-15-5-3-4-14(9-15)19(29)16-10-24-21-18(16)20(23)25-11-26-21/h3-11H,1-2H3,(H2,27,28,30)(H3,23,24,25,26). The van der Waals surface area contributed by atoms with Crippen LogP contribution in [0.2, 0.25) is 0 Å². The summed E-state index contributed by atoms with van der Waals surface area (Å²) in [6, 6.07) is 12.1. The molecule has 2 amide bonds. The maximum atomic E-state index is 13.0. The van der Waals surface area contributed by atoms with E-state index in [1.165, 1.54) is 6.33 Å². The van der Waals surface area contributed by atoms with E-state index >= 15 is 0 Å². The van der Waals surface area contributed by atoms with Crippen molar-refractivity contribution in [3.8, 4) is 0 Å². The molecule has 0 unspecified atom stereocenters. The largest absolute Gasteiger partial charge is 0.383 e. The van der Waals surface area contributed by atoms with E-state index in [0.717, 1.165) is 16.8 Å². The van der Waals surface area contributed by atoms with E-state index in [1.807, 2.05) is 32.0 Å². The molecule has 0 saturated carbocycles. The Balaban J connectivity index is 1.55. The second-order valence-corrected chi connectivity index (χ2v) is 6.99. The van der Waals surface area contributed by atoms with Crippen LogP contribution in [0.5, 0.6) is 0 Å². The number of H-pyrrole nitrogens is 1. The fraction of sp³-hybridized carbons (Fsp3) is 0.0909. The number of rotatable bonds is 4. The lowest BCUT2D eigenvalue weighted by Gasteiger charge is -2.11. The van der Waals surface area contributed by atoms with Crippen molar-refractivity contribution >= 4 is 40.0 Å². The lowest BCUT2D eigenvalue weighted by molar-refractivity contribution is 0.104. The van der Waals surface area contributed by atoms with Crippen LogP contribution in [0.4, 0.5) is 22.0 Å². The lowest BCUT2D eigenvalue weighted by Crippen LogP contribution is -2.20. The third-order valence-electron chi connectivity index (χ3n) is 4.76. The molecular formula is C22H20N6O2. The van der Waals surface area contributed by atoms with Gasteiger partial charge in [-0.25, -0.2) is 14.8 Å². The highest BCUT2D eigenvalue weighted by Gasteiger charge is 2.18. The first-order valence-electron chi connectivity index (χ1n) is 9.30. The van der Waals surface area contributed by atoms with Gasteiger partial charge in [0.05, 0.1) is 10.9 Å². The molecular weight excluding hydrogens is 380 g/mol. The van der Waals surface area contributed by atoms with Crippen molar-refractivity contribution in [1.29, 1.82) is 0 Å². The second-order valence-electron chi connectivity index (χ2n) is 6.99. The number of nitrogens with one attached hydrogen (secondary N) is 3. The van der Waals surface area contributed by atoms with Gasteiger partial charge in [0.15, 0.2) is 5.78 Å². The molecule has 0 saturated heterocycles. The Morgan fingerprint density at radius 2 is 1.87 bits per heavy atom. The van der Waals surface area contributed by atoms with Crippen molar-refractivity contribution in [3.05, 3.63) is 77.2 Å². The van der Waals surface area contributed by atoms with Gasteiger partial charge in [0.2, 0.25) is 0 Å². The van der Waals surface area contributed by atoms with Crippen LogP contribution in [-0.4, -0.2) is 26.8 Å². The van der Waals surface area contributed by atoms with Crippen LogP contribution in [-0.2, 0) is 0 Å². The minimum atomic E-state index is -0.392. The molecule has 4 rings (SSSR count). The number of hydrogen-bond donors (Lipinski definition) is 4. The number of benzene rings is 2. The summed E-state index contributed by atoms with van der Waals surface area (Å²) in [5.74, 6) is -0.0205. The summed E-state index contributed by atoms with van der Waals surface area (Å²) in [6.07, 6.45) is 2.90. The van der Waals surface area contributed by atoms with E-state index in [2.05, 4.69) is 25.6 Å². The van der Waals surface area contributed by atoms with Gasteiger partial charge in [-0.15, -0.1) is 0 Å². The zero-order chi connectivity index (χ0) is 21.3. The monoisotopic (exact) mass is 400 g/mol. The Hall–Kier alpha value is -4.20. The van der Waals surface area contributed by atoms with Gasteiger partial charge in [0.25, 0.3) is 0 Å². The van der Waals surface area contributed by atoms with E-state index in [0.29, 0.717) is 27.8 Å². The van der Waals surface area contributed by atoms with Gasteiger partial charge in [0.1, 0.15) is 17.8 Å². The highest BCUT2D eigenvalue weighted by atomic mass is 16.2. The minimum Gasteiger partial charge on any atom is -0.383 e. The number of anilines is 3. The Morgan fingerprint density at radius 3 is 2.67 bits per heavy atom. The maximum absolute atomic E-state index is 13.0. The third-order valence-corrected chi connectivity index (χ3v) is 4.76. The van der Waals surface area contributed by atoms with Crippen LogP contribution in [0.25, 0.3) is 11.0 Å². The van der Waals surface area contributed by atoms with Gasteiger partial charge in [-0.1, -0.05) is 29.8 Å². The van der Waals surface area contributed by atoms with Gasteiger partial charge >= 0.3 is 6.03 Å².